The highest BCUT2D eigenvalue weighted by Gasteiger charge is 2.42. The van der Waals surface area contributed by atoms with E-state index >= 15 is 0 Å². The van der Waals surface area contributed by atoms with Crippen molar-refractivity contribution < 1.29 is 4.79 Å². The van der Waals surface area contributed by atoms with Gasteiger partial charge in [-0.25, -0.2) is 4.98 Å². The smallest absolute Gasteiger partial charge is 0.262 e. The van der Waals surface area contributed by atoms with E-state index in [1.54, 1.807) is 10.9 Å². The third-order valence-electron chi connectivity index (χ3n) is 6.38. The van der Waals surface area contributed by atoms with Crippen molar-refractivity contribution in [2.45, 2.75) is 65.5 Å². The molecule has 1 amide bonds. The van der Waals surface area contributed by atoms with Crippen molar-refractivity contribution >= 4 is 27.5 Å². The van der Waals surface area contributed by atoms with Crippen LogP contribution in [-0.2, 0) is 6.54 Å². The average Bonchev–Trinajstić information content (AvgIpc) is 3.32. The number of carbonyl (C=O) groups is 1. The Hall–Kier alpha value is -1.69. The molecule has 0 aromatic carbocycles. The van der Waals surface area contributed by atoms with Gasteiger partial charge >= 0.3 is 0 Å². The maximum absolute atomic E-state index is 12.9. The van der Waals surface area contributed by atoms with Crippen molar-refractivity contribution in [1.29, 1.82) is 0 Å². The zero-order chi connectivity index (χ0) is 18.4. The first-order chi connectivity index (χ1) is 12.5. The molecule has 6 heteroatoms. The van der Waals surface area contributed by atoms with Crippen LogP contribution >= 0.6 is 11.3 Å². The van der Waals surface area contributed by atoms with Crippen LogP contribution in [0.15, 0.2) is 11.1 Å². The van der Waals surface area contributed by atoms with E-state index in [4.69, 9.17) is 0 Å². The van der Waals surface area contributed by atoms with E-state index in [1.165, 1.54) is 37.0 Å². The SMILES string of the molecule is CCCn1cnc2sc(C(=O)NC(C)C3CC4CCC3C4)c(C)c2c1=O. The molecule has 1 N–H and O–H groups in total. The standard InChI is InChI=1S/C20H27N3O2S/c1-4-7-23-10-21-19-16(20(23)25)11(2)17(26-19)18(24)22-12(3)15-9-13-5-6-14(15)8-13/h10,12-15H,4-9H2,1-3H3,(H,22,24). The molecule has 0 radical (unpaired) electrons. The van der Waals surface area contributed by atoms with E-state index in [0.717, 1.165) is 23.8 Å². The molecule has 2 aromatic heterocycles. The Labute approximate surface area is 157 Å². The van der Waals surface area contributed by atoms with Crippen LogP contribution in [0.1, 0.15) is 61.2 Å². The predicted molar refractivity (Wildman–Crippen MR) is 105 cm³/mol. The minimum absolute atomic E-state index is 0.0363. The summed E-state index contributed by atoms with van der Waals surface area (Å²) < 4.78 is 1.64. The fourth-order valence-corrected chi connectivity index (χ4v) is 6.10. The average molecular weight is 374 g/mol. The summed E-state index contributed by atoms with van der Waals surface area (Å²) in [5.41, 5.74) is 0.733. The molecule has 2 aliphatic rings. The predicted octanol–water partition coefficient (Wildman–Crippen LogP) is 3.73. The van der Waals surface area contributed by atoms with Crippen LogP contribution in [-0.4, -0.2) is 21.5 Å². The van der Waals surface area contributed by atoms with Gasteiger partial charge in [-0.05, 0) is 62.8 Å². The first-order valence-corrected chi connectivity index (χ1v) is 10.6. The lowest BCUT2D eigenvalue weighted by molar-refractivity contribution is 0.0919. The Morgan fingerprint density at radius 1 is 1.42 bits per heavy atom. The number of rotatable bonds is 5. The van der Waals surface area contributed by atoms with Crippen LogP contribution in [0.4, 0.5) is 0 Å². The van der Waals surface area contributed by atoms with Gasteiger partial charge in [0.05, 0.1) is 16.6 Å². The van der Waals surface area contributed by atoms with Gasteiger partial charge in [0.25, 0.3) is 11.5 Å². The molecule has 2 bridgehead atoms. The number of aromatic nitrogens is 2. The van der Waals surface area contributed by atoms with Crippen LogP contribution < -0.4 is 10.9 Å². The van der Waals surface area contributed by atoms with Crippen LogP contribution in [0.2, 0.25) is 0 Å². The lowest BCUT2D eigenvalue weighted by Crippen LogP contribution is -2.40. The van der Waals surface area contributed by atoms with E-state index < -0.39 is 0 Å². The summed E-state index contributed by atoms with van der Waals surface area (Å²) >= 11 is 1.34. The summed E-state index contributed by atoms with van der Waals surface area (Å²) in [7, 11) is 0. The summed E-state index contributed by atoms with van der Waals surface area (Å²) in [6.45, 7) is 6.70. The Balaban J connectivity index is 1.58. The van der Waals surface area contributed by atoms with Gasteiger partial charge in [0.1, 0.15) is 4.83 Å². The van der Waals surface area contributed by atoms with Gasteiger partial charge < -0.3 is 5.32 Å². The number of hydrogen-bond donors (Lipinski definition) is 1. The molecule has 4 atom stereocenters. The molecule has 2 saturated carbocycles. The Morgan fingerprint density at radius 2 is 2.23 bits per heavy atom. The van der Waals surface area contributed by atoms with Crippen LogP contribution in [0.5, 0.6) is 0 Å². The van der Waals surface area contributed by atoms with Gasteiger partial charge in [0.15, 0.2) is 0 Å². The summed E-state index contributed by atoms with van der Waals surface area (Å²) in [6.07, 6.45) is 7.76. The van der Waals surface area contributed by atoms with Crippen LogP contribution in [0, 0.1) is 24.7 Å². The number of hydrogen-bond acceptors (Lipinski definition) is 4. The van der Waals surface area contributed by atoms with Gasteiger partial charge in [-0.15, -0.1) is 11.3 Å². The largest absolute Gasteiger partial charge is 0.349 e. The van der Waals surface area contributed by atoms with Crippen molar-refractivity contribution in [2.75, 3.05) is 0 Å². The second-order valence-corrected chi connectivity index (χ2v) is 9.08. The summed E-state index contributed by atoms with van der Waals surface area (Å²) in [5.74, 6) is 2.20. The maximum atomic E-state index is 12.9. The molecule has 0 spiro atoms. The van der Waals surface area contributed by atoms with Gasteiger partial charge in [-0.1, -0.05) is 13.3 Å². The van der Waals surface area contributed by atoms with Crippen molar-refractivity contribution in [3.05, 3.63) is 27.1 Å². The quantitative estimate of drug-likeness (QED) is 0.868. The van der Waals surface area contributed by atoms with Crippen LogP contribution in [0.25, 0.3) is 10.2 Å². The molecule has 140 valence electrons. The maximum Gasteiger partial charge on any atom is 0.262 e. The van der Waals surface area contributed by atoms with Gasteiger partial charge in [0, 0.05) is 12.6 Å². The molecule has 26 heavy (non-hydrogen) atoms. The van der Waals surface area contributed by atoms with E-state index in [0.29, 0.717) is 27.6 Å². The van der Waals surface area contributed by atoms with Crippen molar-refractivity contribution in [1.82, 2.24) is 14.9 Å². The number of fused-ring (bicyclic) bond motifs is 3. The van der Waals surface area contributed by atoms with E-state index in [9.17, 15) is 9.59 Å². The molecular weight excluding hydrogens is 346 g/mol. The third-order valence-corrected chi connectivity index (χ3v) is 7.58. The fourth-order valence-electron chi connectivity index (χ4n) is 5.06. The van der Waals surface area contributed by atoms with Gasteiger partial charge in [-0.2, -0.15) is 0 Å². The Bertz CT molecular complexity index is 900. The summed E-state index contributed by atoms with van der Waals surface area (Å²) in [4.78, 5) is 31.3. The van der Waals surface area contributed by atoms with E-state index in [1.807, 2.05) is 13.8 Å². The Kier molecular flexibility index (Phi) is 4.63. The van der Waals surface area contributed by atoms with E-state index in [-0.39, 0.29) is 17.5 Å². The van der Waals surface area contributed by atoms with Gasteiger partial charge in [-0.3, -0.25) is 14.2 Å². The molecular formula is C20H27N3O2S. The highest BCUT2D eigenvalue weighted by Crippen LogP contribution is 2.49. The zero-order valence-electron chi connectivity index (χ0n) is 15.7. The minimum Gasteiger partial charge on any atom is -0.349 e. The summed E-state index contributed by atoms with van der Waals surface area (Å²) in [5, 5.41) is 3.82. The second kappa shape index (κ2) is 6.80. The highest BCUT2D eigenvalue weighted by molar-refractivity contribution is 7.20. The van der Waals surface area contributed by atoms with Gasteiger partial charge in [0.2, 0.25) is 0 Å². The van der Waals surface area contributed by atoms with E-state index in [2.05, 4.69) is 17.2 Å². The Morgan fingerprint density at radius 3 is 2.88 bits per heavy atom. The minimum atomic E-state index is -0.0535. The molecule has 0 aliphatic heterocycles. The molecule has 0 saturated heterocycles. The first-order valence-electron chi connectivity index (χ1n) is 9.79. The fraction of sp³-hybridized carbons (Fsp3) is 0.650. The summed E-state index contributed by atoms with van der Waals surface area (Å²) in [6, 6.07) is 0.187. The monoisotopic (exact) mass is 373 g/mol. The number of thiophene rings is 1. The van der Waals surface area contributed by atoms with Crippen LogP contribution in [0.3, 0.4) is 0 Å². The number of amides is 1. The molecule has 2 aliphatic carbocycles. The number of nitrogens with one attached hydrogen (secondary N) is 1. The topological polar surface area (TPSA) is 64.0 Å². The molecule has 4 rings (SSSR count). The zero-order valence-corrected chi connectivity index (χ0v) is 16.6. The van der Waals surface area contributed by atoms with Crippen molar-refractivity contribution in [3.63, 3.8) is 0 Å². The molecule has 2 fully saturated rings. The normalized spacial score (nSPS) is 25.7. The second-order valence-electron chi connectivity index (χ2n) is 8.08. The third kappa shape index (κ3) is 2.88. The lowest BCUT2D eigenvalue weighted by atomic mass is 9.84. The molecule has 5 nitrogen and oxygen atoms in total. The molecule has 2 aromatic rings. The molecule has 2 heterocycles. The number of carbonyl (C=O) groups excluding carboxylic acids is 1. The van der Waals surface area contributed by atoms with Crippen molar-refractivity contribution in [2.24, 2.45) is 17.8 Å². The lowest BCUT2D eigenvalue weighted by Gasteiger charge is -2.28. The highest BCUT2D eigenvalue weighted by atomic mass is 32.1. The first kappa shape index (κ1) is 17.7. The number of nitrogens with zero attached hydrogens (tertiary/aromatic N) is 2. The number of aryl methyl sites for hydroxylation is 2. The van der Waals surface area contributed by atoms with Crippen molar-refractivity contribution in [3.8, 4) is 0 Å². The molecule has 4 unspecified atom stereocenters.